The monoisotopic (exact) mass is 416 g/mol. The number of hydrogen-bond donors (Lipinski definition) is 3. The van der Waals surface area contributed by atoms with Gasteiger partial charge in [-0.05, 0) is 41.9 Å². The molecule has 0 aromatic heterocycles. The van der Waals surface area contributed by atoms with Crippen molar-refractivity contribution in [2.45, 2.75) is 83.7 Å². The Balaban J connectivity index is 2.04. The van der Waals surface area contributed by atoms with Crippen LogP contribution in [0.2, 0.25) is 0 Å². The number of benzene rings is 1. The minimum Gasteiger partial charge on any atom is -0.348 e. The molecule has 168 valence electrons. The summed E-state index contributed by atoms with van der Waals surface area (Å²) in [5, 5.41) is 6.13. The van der Waals surface area contributed by atoms with Crippen molar-refractivity contribution < 1.29 is 14.5 Å². The highest BCUT2D eigenvalue weighted by atomic mass is 16.2. The molecule has 1 aliphatic carbocycles. The molecule has 0 saturated heterocycles. The van der Waals surface area contributed by atoms with E-state index >= 15 is 0 Å². The molecule has 0 bridgehead atoms. The number of rotatable bonds is 7. The second-order valence-electron chi connectivity index (χ2n) is 10.6. The fourth-order valence-electron chi connectivity index (χ4n) is 4.33. The van der Waals surface area contributed by atoms with Crippen LogP contribution in [0.25, 0.3) is 0 Å². The lowest BCUT2D eigenvalue weighted by Gasteiger charge is -2.40. The predicted octanol–water partition coefficient (Wildman–Crippen LogP) is 2.70. The van der Waals surface area contributed by atoms with Crippen LogP contribution in [-0.4, -0.2) is 44.0 Å². The standard InChI is InChI=1S/C25H41N3O2/c1-18(2)21(23(30)26-17-25(28(6)7)15-9-8-10-16-25)27-22(29)19-11-13-20(14-12-19)24(3,4)5/h11-14,18,21H,8-10,15-17H2,1-7H3,(H,26,30)(H,27,29)/p+1/t21-/m0/s1. The van der Waals surface area contributed by atoms with Crippen LogP contribution >= 0.6 is 0 Å². The van der Waals surface area contributed by atoms with Gasteiger partial charge in [-0.2, -0.15) is 0 Å². The summed E-state index contributed by atoms with van der Waals surface area (Å²) in [5.74, 6) is -0.275. The molecule has 1 aromatic carbocycles. The fourth-order valence-corrected chi connectivity index (χ4v) is 4.33. The molecule has 1 saturated carbocycles. The third kappa shape index (κ3) is 6.07. The number of carbonyl (C=O) groups excluding carboxylic acids is 2. The van der Waals surface area contributed by atoms with E-state index in [2.05, 4.69) is 45.5 Å². The highest BCUT2D eigenvalue weighted by Gasteiger charge is 2.39. The number of nitrogens with one attached hydrogen (secondary N) is 3. The Morgan fingerprint density at radius 3 is 2.07 bits per heavy atom. The van der Waals surface area contributed by atoms with Crippen molar-refractivity contribution in [3.05, 3.63) is 35.4 Å². The lowest BCUT2D eigenvalue weighted by molar-refractivity contribution is -0.916. The van der Waals surface area contributed by atoms with Gasteiger partial charge in [0.15, 0.2) is 0 Å². The second kappa shape index (κ2) is 9.95. The third-order valence-electron chi connectivity index (χ3n) is 6.72. The maximum absolute atomic E-state index is 13.0. The van der Waals surface area contributed by atoms with Gasteiger partial charge in [0.05, 0.1) is 20.6 Å². The molecule has 3 N–H and O–H groups in total. The van der Waals surface area contributed by atoms with E-state index in [9.17, 15) is 9.59 Å². The quantitative estimate of drug-likeness (QED) is 0.640. The number of amides is 2. The van der Waals surface area contributed by atoms with Crippen molar-refractivity contribution in [1.82, 2.24) is 10.6 Å². The summed E-state index contributed by atoms with van der Waals surface area (Å²) in [6, 6.07) is 7.13. The van der Waals surface area contributed by atoms with Crippen LogP contribution in [0, 0.1) is 5.92 Å². The van der Waals surface area contributed by atoms with Gasteiger partial charge in [0.2, 0.25) is 5.91 Å². The van der Waals surface area contributed by atoms with Gasteiger partial charge in [-0.3, -0.25) is 9.59 Å². The van der Waals surface area contributed by atoms with Gasteiger partial charge < -0.3 is 15.5 Å². The predicted molar refractivity (Wildman–Crippen MR) is 123 cm³/mol. The summed E-state index contributed by atoms with van der Waals surface area (Å²) in [5.41, 5.74) is 1.91. The maximum atomic E-state index is 13.0. The lowest BCUT2D eigenvalue weighted by atomic mass is 9.80. The molecule has 0 unspecified atom stereocenters. The Morgan fingerprint density at radius 1 is 1.03 bits per heavy atom. The van der Waals surface area contributed by atoms with E-state index in [1.807, 2.05) is 38.1 Å². The Bertz CT molecular complexity index is 711. The zero-order chi connectivity index (χ0) is 22.5. The van der Waals surface area contributed by atoms with Crippen molar-refractivity contribution >= 4 is 11.8 Å². The molecule has 1 aliphatic rings. The van der Waals surface area contributed by atoms with E-state index in [4.69, 9.17) is 0 Å². The molecule has 0 radical (unpaired) electrons. The van der Waals surface area contributed by atoms with Gasteiger partial charge in [-0.1, -0.05) is 53.2 Å². The highest BCUT2D eigenvalue weighted by molar-refractivity contribution is 5.97. The zero-order valence-corrected chi connectivity index (χ0v) is 20.0. The molecule has 2 rings (SSSR count). The Labute approximate surface area is 183 Å². The second-order valence-corrected chi connectivity index (χ2v) is 10.6. The Morgan fingerprint density at radius 2 is 1.60 bits per heavy atom. The summed E-state index contributed by atoms with van der Waals surface area (Å²) in [6.45, 7) is 11.1. The molecule has 0 spiro atoms. The van der Waals surface area contributed by atoms with E-state index in [0.717, 1.165) is 12.8 Å². The van der Waals surface area contributed by atoms with Crippen molar-refractivity contribution in [2.75, 3.05) is 20.6 Å². The number of carbonyl (C=O) groups is 2. The first-order valence-corrected chi connectivity index (χ1v) is 11.5. The van der Waals surface area contributed by atoms with Gasteiger partial charge in [0.1, 0.15) is 11.6 Å². The Kier molecular flexibility index (Phi) is 8.09. The largest absolute Gasteiger partial charge is 0.348 e. The molecule has 30 heavy (non-hydrogen) atoms. The van der Waals surface area contributed by atoms with Crippen LogP contribution in [0.3, 0.4) is 0 Å². The number of quaternary nitrogens is 1. The summed E-state index contributed by atoms with van der Waals surface area (Å²) < 4.78 is 0. The molecule has 0 heterocycles. The lowest BCUT2D eigenvalue weighted by Crippen LogP contribution is -3.16. The summed E-state index contributed by atoms with van der Waals surface area (Å²) in [6.07, 6.45) is 5.98. The van der Waals surface area contributed by atoms with Crippen molar-refractivity contribution in [1.29, 1.82) is 0 Å². The van der Waals surface area contributed by atoms with Crippen LogP contribution in [0.5, 0.6) is 0 Å². The molecule has 2 amide bonds. The van der Waals surface area contributed by atoms with E-state index < -0.39 is 6.04 Å². The first kappa shape index (κ1) is 24.4. The highest BCUT2D eigenvalue weighted by Crippen LogP contribution is 2.25. The maximum Gasteiger partial charge on any atom is 0.251 e. The third-order valence-corrected chi connectivity index (χ3v) is 6.72. The van der Waals surface area contributed by atoms with E-state index in [0.29, 0.717) is 12.1 Å². The Hall–Kier alpha value is -1.88. The first-order chi connectivity index (χ1) is 14.0. The molecular formula is C25H42N3O2+. The number of hydrogen-bond acceptors (Lipinski definition) is 2. The SMILES string of the molecule is CC(C)[C@H](NC(=O)c1ccc(C(C)(C)C)cc1)C(=O)NCC1([NH+](C)C)CCCCC1. The van der Waals surface area contributed by atoms with Crippen LogP contribution < -0.4 is 15.5 Å². The van der Waals surface area contributed by atoms with Crippen LogP contribution in [0.4, 0.5) is 0 Å². The fraction of sp³-hybridized carbons (Fsp3) is 0.680. The molecule has 1 aromatic rings. The van der Waals surface area contributed by atoms with E-state index in [1.165, 1.54) is 29.7 Å². The minimum atomic E-state index is -0.544. The molecule has 1 atom stereocenters. The first-order valence-electron chi connectivity index (χ1n) is 11.5. The topological polar surface area (TPSA) is 62.6 Å². The van der Waals surface area contributed by atoms with E-state index in [1.54, 1.807) is 0 Å². The van der Waals surface area contributed by atoms with Crippen molar-refractivity contribution in [2.24, 2.45) is 5.92 Å². The summed E-state index contributed by atoms with van der Waals surface area (Å²) in [4.78, 5) is 27.2. The van der Waals surface area contributed by atoms with Gasteiger partial charge >= 0.3 is 0 Å². The molecule has 5 nitrogen and oxygen atoms in total. The molecular weight excluding hydrogens is 374 g/mol. The van der Waals surface area contributed by atoms with Crippen molar-refractivity contribution in [3.8, 4) is 0 Å². The van der Waals surface area contributed by atoms with Gasteiger partial charge in [0, 0.05) is 18.4 Å². The zero-order valence-electron chi connectivity index (χ0n) is 20.0. The smallest absolute Gasteiger partial charge is 0.251 e. The molecule has 1 fully saturated rings. The van der Waals surface area contributed by atoms with Crippen LogP contribution in [0.1, 0.15) is 82.6 Å². The summed E-state index contributed by atoms with van der Waals surface area (Å²) in [7, 11) is 4.36. The van der Waals surface area contributed by atoms with Crippen LogP contribution in [-0.2, 0) is 10.2 Å². The normalized spacial score (nSPS) is 17.6. The molecule has 0 aliphatic heterocycles. The summed E-state index contributed by atoms with van der Waals surface area (Å²) >= 11 is 0. The number of likely N-dealkylation sites (N-methyl/N-ethyl adjacent to an activating group) is 1. The minimum absolute atomic E-state index is 0.0109. The molecule has 5 heteroatoms. The average molecular weight is 417 g/mol. The van der Waals surface area contributed by atoms with Gasteiger partial charge in [0.25, 0.3) is 5.91 Å². The van der Waals surface area contributed by atoms with E-state index in [-0.39, 0.29) is 28.7 Å². The average Bonchev–Trinajstić information content (AvgIpc) is 2.69. The van der Waals surface area contributed by atoms with Crippen LogP contribution in [0.15, 0.2) is 24.3 Å². The van der Waals surface area contributed by atoms with Crippen molar-refractivity contribution in [3.63, 3.8) is 0 Å². The van der Waals surface area contributed by atoms with Gasteiger partial charge in [-0.25, -0.2) is 0 Å². The van der Waals surface area contributed by atoms with Gasteiger partial charge in [-0.15, -0.1) is 0 Å².